The Morgan fingerprint density at radius 3 is 2.95 bits per heavy atom. The molecule has 3 heterocycles. The highest BCUT2D eigenvalue weighted by atomic mass is 35.5. The summed E-state index contributed by atoms with van der Waals surface area (Å²) >= 11 is 5.91. The Labute approximate surface area is 128 Å². The van der Waals surface area contributed by atoms with E-state index in [0.29, 0.717) is 11.8 Å². The Balaban J connectivity index is 1.70. The third-order valence-electron chi connectivity index (χ3n) is 3.54. The fraction of sp³-hybridized carbons (Fsp3) is 0.500. The number of anilines is 1. The summed E-state index contributed by atoms with van der Waals surface area (Å²) in [6.07, 6.45) is 3.36. The molecule has 1 unspecified atom stereocenters. The number of hydrogen-bond acceptors (Lipinski definition) is 5. The zero-order valence-corrected chi connectivity index (χ0v) is 12.9. The molecule has 1 fully saturated rings. The van der Waals surface area contributed by atoms with Crippen LogP contribution in [0.2, 0.25) is 5.15 Å². The van der Waals surface area contributed by atoms with Gasteiger partial charge in [0.25, 0.3) is 0 Å². The molecule has 1 aliphatic rings. The van der Waals surface area contributed by atoms with Gasteiger partial charge in [0.2, 0.25) is 0 Å². The Bertz CT molecular complexity index is 630. The van der Waals surface area contributed by atoms with Crippen molar-refractivity contribution < 1.29 is 4.74 Å². The SMILES string of the molecule is Cc1cc(C)n(CC2CN(c3cncc(Cl)n3)CCO2)n1. The third kappa shape index (κ3) is 3.33. The number of nitrogens with zero attached hydrogens (tertiary/aromatic N) is 5. The van der Waals surface area contributed by atoms with Crippen molar-refractivity contribution in [1.29, 1.82) is 0 Å². The summed E-state index contributed by atoms with van der Waals surface area (Å²) in [6.45, 7) is 7.01. The van der Waals surface area contributed by atoms with Gasteiger partial charge < -0.3 is 9.64 Å². The number of aryl methyl sites for hydroxylation is 2. The second kappa shape index (κ2) is 5.99. The van der Waals surface area contributed by atoms with Crippen molar-refractivity contribution in [2.75, 3.05) is 24.6 Å². The van der Waals surface area contributed by atoms with E-state index >= 15 is 0 Å². The van der Waals surface area contributed by atoms with Crippen molar-refractivity contribution in [3.05, 3.63) is 35.0 Å². The number of rotatable bonds is 3. The van der Waals surface area contributed by atoms with Gasteiger partial charge in [0, 0.05) is 18.8 Å². The molecule has 21 heavy (non-hydrogen) atoms. The zero-order valence-electron chi connectivity index (χ0n) is 12.2. The lowest BCUT2D eigenvalue weighted by Gasteiger charge is -2.33. The van der Waals surface area contributed by atoms with Gasteiger partial charge in [-0.05, 0) is 19.9 Å². The van der Waals surface area contributed by atoms with E-state index in [-0.39, 0.29) is 6.10 Å². The smallest absolute Gasteiger partial charge is 0.149 e. The summed E-state index contributed by atoms with van der Waals surface area (Å²) in [5.41, 5.74) is 2.18. The fourth-order valence-electron chi connectivity index (χ4n) is 2.58. The molecule has 3 rings (SSSR count). The minimum Gasteiger partial charge on any atom is -0.373 e. The van der Waals surface area contributed by atoms with E-state index in [2.05, 4.69) is 33.0 Å². The molecular weight excluding hydrogens is 290 g/mol. The van der Waals surface area contributed by atoms with Crippen LogP contribution in [0.15, 0.2) is 18.5 Å². The first-order valence-corrected chi connectivity index (χ1v) is 7.35. The predicted molar refractivity (Wildman–Crippen MR) is 80.7 cm³/mol. The lowest BCUT2D eigenvalue weighted by Crippen LogP contribution is -2.45. The van der Waals surface area contributed by atoms with Gasteiger partial charge in [-0.2, -0.15) is 5.10 Å². The fourth-order valence-corrected chi connectivity index (χ4v) is 2.72. The van der Waals surface area contributed by atoms with Gasteiger partial charge in [-0.15, -0.1) is 0 Å². The quantitative estimate of drug-likeness (QED) is 0.866. The molecule has 7 heteroatoms. The average molecular weight is 308 g/mol. The molecule has 1 atom stereocenters. The molecule has 0 bridgehead atoms. The van der Waals surface area contributed by atoms with E-state index in [0.717, 1.165) is 36.8 Å². The monoisotopic (exact) mass is 307 g/mol. The Morgan fingerprint density at radius 2 is 2.24 bits per heavy atom. The van der Waals surface area contributed by atoms with Crippen LogP contribution in [0.4, 0.5) is 5.82 Å². The largest absolute Gasteiger partial charge is 0.373 e. The summed E-state index contributed by atoms with van der Waals surface area (Å²) in [6, 6.07) is 2.07. The normalized spacial score (nSPS) is 19.0. The van der Waals surface area contributed by atoms with Gasteiger partial charge in [-0.25, -0.2) is 4.98 Å². The van der Waals surface area contributed by atoms with Crippen LogP contribution in [0, 0.1) is 13.8 Å². The maximum Gasteiger partial charge on any atom is 0.149 e. The lowest BCUT2D eigenvalue weighted by molar-refractivity contribution is 0.0267. The lowest BCUT2D eigenvalue weighted by atomic mass is 10.2. The third-order valence-corrected chi connectivity index (χ3v) is 3.72. The molecule has 1 saturated heterocycles. The highest BCUT2D eigenvalue weighted by molar-refractivity contribution is 6.29. The van der Waals surface area contributed by atoms with E-state index in [4.69, 9.17) is 16.3 Å². The first kappa shape index (κ1) is 14.3. The highest BCUT2D eigenvalue weighted by Crippen LogP contribution is 2.17. The average Bonchev–Trinajstić information content (AvgIpc) is 2.77. The molecule has 0 aromatic carbocycles. The van der Waals surface area contributed by atoms with Crippen LogP contribution in [0.5, 0.6) is 0 Å². The maximum atomic E-state index is 5.91. The van der Waals surface area contributed by atoms with Gasteiger partial charge >= 0.3 is 0 Å². The minimum atomic E-state index is 0.0810. The number of morpholine rings is 1. The first-order valence-electron chi connectivity index (χ1n) is 6.97. The van der Waals surface area contributed by atoms with Crippen LogP contribution in [0.1, 0.15) is 11.4 Å². The van der Waals surface area contributed by atoms with Crippen LogP contribution < -0.4 is 4.90 Å². The molecule has 2 aromatic rings. The summed E-state index contributed by atoms with van der Waals surface area (Å²) in [4.78, 5) is 10.6. The van der Waals surface area contributed by atoms with Crippen LogP contribution in [-0.2, 0) is 11.3 Å². The molecule has 6 nitrogen and oxygen atoms in total. The van der Waals surface area contributed by atoms with Gasteiger partial charge in [-0.1, -0.05) is 11.6 Å². The topological polar surface area (TPSA) is 56.1 Å². The van der Waals surface area contributed by atoms with E-state index in [1.54, 1.807) is 12.4 Å². The van der Waals surface area contributed by atoms with Crippen molar-refractivity contribution in [3.63, 3.8) is 0 Å². The standard InChI is InChI=1S/C14H18ClN5O/c1-10-5-11(2)20(18-10)9-12-8-19(3-4-21-12)14-7-16-6-13(15)17-14/h5-7,12H,3-4,8-9H2,1-2H3. The molecular formula is C14H18ClN5O. The summed E-state index contributed by atoms with van der Waals surface area (Å²) in [5, 5.41) is 4.90. The van der Waals surface area contributed by atoms with E-state index < -0.39 is 0 Å². The predicted octanol–water partition coefficient (Wildman–Crippen LogP) is 1.85. The van der Waals surface area contributed by atoms with Gasteiger partial charge in [0.05, 0.1) is 37.3 Å². The summed E-state index contributed by atoms with van der Waals surface area (Å²) in [7, 11) is 0. The Kier molecular flexibility index (Phi) is 4.07. The molecule has 0 amide bonds. The number of aromatic nitrogens is 4. The molecule has 0 saturated carbocycles. The molecule has 1 aliphatic heterocycles. The van der Waals surface area contributed by atoms with Crippen LogP contribution >= 0.6 is 11.6 Å². The van der Waals surface area contributed by atoms with E-state index in [1.807, 2.05) is 11.6 Å². The molecule has 0 aliphatic carbocycles. The second-order valence-electron chi connectivity index (χ2n) is 5.25. The van der Waals surface area contributed by atoms with Gasteiger partial charge in [-0.3, -0.25) is 9.67 Å². The van der Waals surface area contributed by atoms with Crippen LogP contribution in [0.25, 0.3) is 0 Å². The van der Waals surface area contributed by atoms with Gasteiger partial charge in [0.1, 0.15) is 11.0 Å². The van der Waals surface area contributed by atoms with Crippen molar-refractivity contribution in [2.45, 2.75) is 26.5 Å². The minimum absolute atomic E-state index is 0.0810. The maximum absolute atomic E-state index is 5.91. The van der Waals surface area contributed by atoms with Crippen molar-refractivity contribution in [3.8, 4) is 0 Å². The van der Waals surface area contributed by atoms with Crippen molar-refractivity contribution >= 4 is 17.4 Å². The van der Waals surface area contributed by atoms with E-state index in [1.165, 1.54) is 0 Å². The molecule has 112 valence electrons. The van der Waals surface area contributed by atoms with Crippen LogP contribution in [-0.4, -0.2) is 45.5 Å². The van der Waals surface area contributed by atoms with Crippen molar-refractivity contribution in [1.82, 2.24) is 19.7 Å². The van der Waals surface area contributed by atoms with E-state index in [9.17, 15) is 0 Å². The molecule has 2 aromatic heterocycles. The molecule has 0 radical (unpaired) electrons. The summed E-state index contributed by atoms with van der Waals surface area (Å²) in [5.74, 6) is 0.796. The second-order valence-corrected chi connectivity index (χ2v) is 5.64. The highest BCUT2D eigenvalue weighted by Gasteiger charge is 2.23. The van der Waals surface area contributed by atoms with Gasteiger partial charge in [0.15, 0.2) is 0 Å². The van der Waals surface area contributed by atoms with Crippen LogP contribution in [0.3, 0.4) is 0 Å². The number of hydrogen-bond donors (Lipinski definition) is 0. The first-order chi connectivity index (χ1) is 10.1. The van der Waals surface area contributed by atoms with Crippen molar-refractivity contribution in [2.24, 2.45) is 0 Å². The molecule has 0 N–H and O–H groups in total. The molecule has 0 spiro atoms. The number of halogens is 1. The Morgan fingerprint density at radius 1 is 1.38 bits per heavy atom. The number of ether oxygens (including phenoxy) is 1. The zero-order chi connectivity index (χ0) is 14.8. The Hall–Kier alpha value is -1.66. The summed E-state index contributed by atoms with van der Waals surface area (Å²) < 4.78 is 7.84.